The predicted octanol–water partition coefficient (Wildman–Crippen LogP) is 3.90. The van der Waals surface area contributed by atoms with Crippen LogP contribution in [0.15, 0.2) is 59.6 Å². The molecule has 0 atom stereocenters. The van der Waals surface area contributed by atoms with E-state index in [9.17, 15) is 8.42 Å². The van der Waals surface area contributed by atoms with E-state index < -0.39 is 10.0 Å². The predicted molar refractivity (Wildman–Crippen MR) is 110 cm³/mol. The largest absolute Gasteiger partial charge is 0.494 e. The fourth-order valence-corrected chi connectivity index (χ4v) is 5.17. The van der Waals surface area contributed by atoms with Crippen molar-refractivity contribution in [3.05, 3.63) is 54.7 Å². The van der Waals surface area contributed by atoms with E-state index in [1.807, 2.05) is 55.5 Å². The van der Waals surface area contributed by atoms with E-state index in [2.05, 4.69) is 14.8 Å². The molecule has 2 aromatic heterocycles. The van der Waals surface area contributed by atoms with Crippen molar-refractivity contribution >= 4 is 36.7 Å². The summed E-state index contributed by atoms with van der Waals surface area (Å²) in [5.41, 5.74) is 1.84. The summed E-state index contributed by atoms with van der Waals surface area (Å²) in [4.78, 5) is 4.49. The minimum atomic E-state index is -3.86. The number of thiazole rings is 1. The first-order valence-corrected chi connectivity index (χ1v) is 10.9. The highest BCUT2D eigenvalue weighted by Gasteiger charge is 2.24. The summed E-state index contributed by atoms with van der Waals surface area (Å²) in [5.74, 6) is 0.728. The lowest BCUT2D eigenvalue weighted by Gasteiger charge is -2.05. The Bertz CT molecular complexity index is 1230. The molecule has 0 amide bonds. The maximum absolute atomic E-state index is 13.0. The molecule has 0 unspecified atom stereocenters. The van der Waals surface area contributed by atoms with E-state index in [1.54, 1.807) is 7.05 Å². The number of ether oxygens (including phenoxy) is 1. The van der Waals surface area contributed by atoms with Crippen molar-refractivity contribution in [2.24, 2.45) is 7.05 Å². The number of nitrogens with one attached hydrogen (secondary N) is 1. The Morgan fingerprint density at radius 3 is 2.71 bits per heavy atom. The lowest BCUT2D eigenvalue weighted by molar-refractivity contribution is 0.341. The zero-order chi connectivity index (χ0) is 19.7. The maximum Gasteiger partial charge on any atom is 0.267 e. The van der Waals surface area contributed by atoms with Crippen molar-refractivity contribution in [1.29, 1.82) is 0 Å². The first-order valence-electron chi connectivity index (χ1n) is 8.61. The van der Waals surface area contributed by atoms with Crippen molar-refractivity contribution < 1.29 is 13.2 Å². The minimum Gasteiger partial charge on any atom is -0.494 e. The van der Waals surface area contributed by atoms with Crippen molar-refractivity contribution in [3.63, 3.8) is 0 Å². The Balaban J connectivity index is 1.69. The number of benzene rings is 2. The van der Waals surface area contributed by atoms with Gasteiger partial charge in [0.15, 0.2) is 5.13 Å². The van der Waals surface area contributed by atoms with Crippen LogP contribution in [0, 0.1) is 0 Å². The van der Waals surface area contributed by atoms with Gasteiger partial charge in [-0.15, -0.1) is 0 Å². The highest BCUT2D eigenvalue weighted by atomic mass is 32.2. The molecule has 0 bridgehead atoms. The van der Waals surface area contributed by atoms with E-state index in [1.165, 1.54) is 22.2 Å². The van der Waals surface area contributed by atoms with Crippen LogP contribution in [0.5, 0.6) is 5.75 Å². The molecule has 4 rings (SSSR count). The number of aromatic nitrogens is 3. The van der Waals surface area contributed by atoms with Gasteiger partial charge in [-0.25, -0.2) is 13.4 Å². The van der Waals surface area contributed by atoms with Gasteiger partial charge in [-0.3, -0.25) is 9.40 Å². The molecular formula is C19H18N4O3S2. The number of sulfonamides is 1. The number of anilines is 1. The standard InChI is InChI=1S/C19H18N4O3S2/c1-3-26-14-9-10-15-16(11-14)27-19(20-15)22-28(24,25)17-12-23(2)21-18(17)13-7-5-4-6-8-13/h4-12H,3H2,1-2H3,(H,20,22). The number of rotatable bonds is 6. The average Bonchev–Trinajstić information content (AvgIpc) is 3.25. The van der Waals surface area contributed by atoms with Crippen LogP contribution in [-0.4, -0.2) is 29.8 Å². The van der Waals surface area contributed by atoms with Crippen LogP contribution < -0.4 is 9.46 Å². The Labute approximate surface area is 166 Å². The van der Waals surface area contributed by atoms with Gasteiger partial charge < -0.3 is 4.74 Å². The van der Waals surface area contributed by atoms with Gasteiger partial charge in [-0.05, 0) is 25.1 Å². The zero-order valence-electron chi connectivity index (χ0n) is 15.3. The van der Waals surface area contributed by atoms with Crippen LogP contribution in [0.2, 0.25) is 0 Å². The third-order valence-electron chi connectivity index (χ3n) is 4.02. The molecule has 28 heavy (non-hydrogen) atoms. The lowest BCUT2D eigenvalue weighted by atomic mass is 10.2. The molecule has 144 valence electrons. The van der Waals surface area contributed by atoms with Gasteiger partial charge in [0, 0.05) is 18.8 Å². The Morgan fingerprint density at radius 2 is 1.96 bits per heavy atom. The van der Waals surface area contributed by atoms with Crippen molar-refractivity contribution in [3.8, 4) is 17.0 Å². The second-order valence-corrected chi connectivity index (χ2v) is 8.75. The van der Waals surface area contributed by atoms with Gasteiger partial charge in [0.2, 0.25) is 0 Å². The summed E-state index contributed by atoms with van der Waals surface area (Å²) in [6, 6.07) is 14.7. The lowest BCUT2D eigenvalue weighted by Crippen LogP contribution is -2.13. The first-order chi connectivity index (χ1) is 13.5. The molecule has 2 heterocycles. The summed E-state index contributed by atoms with van der Waals surface area (Å²) in [6.07, 6.45) is 1.49. The summed E-state index contributed by atoms with van der Waals surface area (Å²) < 4.78 is 36.5. The Hall–Kier alpha value is -2.91. The fourth-order valence-electron chi connectivity index (χ4n) is 2.83. The van der Waals surface area contributed by atoms with Crippen LogP contribution >= 0.6 is 11.3 Å². The van der Waals surface area contributed by atoms with E-state index in [0.29, 0.717) is 22.9 Å². The van der Waals surface area contributed by atoms with Crippen LogP contribution in [-0.2, 0) is 17.1 Å². The molecular weight excluding hydrogens is 396 g/mol. The number of hydrogen-bond acceptors (Lipinski definition) is 6. The second kappa shape index (κ2) is 7.25. The topological polar surface area (TPSA) is 86.1 Å². The highest BCUT2D eigenvalue weighted by Crippen LogP contribution is 2.32. The molecule has 2 aromatic carbocycles. The number of fused-ring (bicyclic) bond motifs is 1. The van der Waals surface area contributed by atoms with Gasteiger partial charge in [-0.1, -0.05) is 41.7 Å². The molecule has 0 radical (unpaired) electrons. The SMILES string of the molecule is CCOc1ccc2nc(NS(=O)(=O)c3cn(C)nc3-c3ccccc3)sc2c1. The monoisotopic (exact) mass is 414 g/mol. The van der Waals surface area contributed by atoms with Gasteiger partial charge in [-0.2, -0.15) is 5.10 Å². The third kappa shape index (κ3) is 3.58. The van der Waals surface area contributed by atoms with Gasteiger partial charge in [0.05, 0.1) is 16.8 Å². The highest BCUT2D eigenvalue weighted by molar-refractivity contribution is 7.93. The molecule has 4 aromatic rings. The maximum atomic E-state index is 13.0. The van der Waals surface area contributed by atoms with Crippen LogP contribution in [0.3, 0.4) is 0 Å². The molecule has 0 aliphatic carbocycles. The molecule has 0 saturated heterocycles. The number of nitrogens with zero attached hydrogens (tertiary/aromatic N) is 3. The van der Waals surface area contributed by atoms with Crippen LogP contribution in [0.1, 0.15) is 6.92 Å². The Morgan fingerprint density at radius 1 is 1.18 bits per heavy atom. The van der Waals surface area contributed by atoms with Gasteiger partial charge in [0.25, 0.3) is 10.0 Å². The summed E-state index contributed by atoms with van der Waals surface area (Å²) >= 11 is 1.26. The summed E-state index contributed by atoms with van der Waals surface area (Å²) in [6.45, 7) is 2.47. The minimum absolute atomic E-state index is 0.107. The normalized spacial score (nSPS) is 11.6. The average molecular weight is 415 g/mol. The summed E-state index contributed by atoms with van der Waals surface area (Å²) in [5, 5.41) is 4.63. The summed E-state index contributed by atoms with van der Waals surface area (Å²) in [7, 11) is -2.16. The number of hydrogen-bond donors (Lipinski definition) is 1. The van der Waals surface area contributed by atoms with Crippen molar-refractivity contribution in [1.82, 2.24) is 14.8 Å². The fraction of sp³-hybridized carbons (Fsp3) is 0.158. The zero-order valence-corrected chi connectivity index (χ0v) is 16.9. The molecule has 0 aliphatic heterocycles. The van der Waals surface area contributed by atoms with E-state index >= 15 is 0 Å². The molecule has 0 aliphatic rings. The number of aryl methyl sites for hydroxylation is 1. The van der Waals surface area contributed by atoms with Crippen molar-refractivity contribution in [2.75, 3.05) is 11.3 Å². The van der Waals surface area contributed by atoms with Crippen LogP contribution in [0.25, 0.3) is 21.5 Å². The third-order valence-corrected chi connectivity index (χ3v) is 6.43. The van der Waals surface area contributed by atoms with Crippen LogP contribution in [0.4, 0.5) is 5.13 Å². The quantitative estimate of drug-likeness (QED) is 0.517. The van der Waals surface area contributed by atoms with Crippen molar-refractivity contribution in [2.45, 2.75) is 11.8 Å². The van der Waals surface area contributed by atoms with Gasteiger partial charge in [0.1, 0.15) is 16.3 Å². The van der Waals surface area contributed by atoms with E-state index in [0.717, 1.165) is 16.0 Å². The molecule has 0 spiro atoms. The molecule has 0 saturated carbocycles. The first kappa shape index (κ1) is 18.5. The molecule has 9 heteroatoms. The Kier molecular flexibility index (Phi) is 4.78. The molecule has 0 fully saturated rings. The van der Waals surface area contributed by atoms with E-state index in [4.69, 9.17) is 4.74 Å². The molecule has 1 N–H and O–H groups in total. The smallest absolute Gasteiger partial charge is 0.267 e. The van der Waals surface area contributed by atoms with Gasteiger partial charge >= 0.3 is 0 Å². The molecule has 7 nitrogen and oxygen atoms in total. The van der Waals surface area contributed by atoms with E-state index in [-0.39, 0.29) is 4.90 Å². The second-order valence-electron chi connectivity index (χ2n) is 6.07.